The molecule has 3 aromatic rings. The second-order valence-electron chi connectivity index (χ2n) is 9.04. The van der Waals surface area contributed by atoms with Gasteiger partial charge in [0, 0.05) is 10.8 Å². The average Bonchev–Trinajstić information content (AvgIpc) is 3.58. The second kappa shape index (κ2) is 9.52. The first kappa shape index (κ1) is 21.9. The number of anilines is 1. The highest BCUT2D eigenvalue weighted by molar-refractivity contribution is 7.17. The maximum atomic E-state index is 13.1. The van der Waals surface area contributed by atoms with Gasteiger partial charge in [0.25, 0.3) is 0 Å². The molecule has 1 fully saturated rings. The molecule has 33 heavy (non-hydrogen) atoms. The van der Waals surface area contributed by atoms with E-state index in [0.29, 0.717) is 23.1 Å². The minimum atomic E-state index is -0.307. The quantitative estimate of drug-likeness (QED) is 0.420. The van der Waals surface area contributed by atoms with Crippen molar-refractivity contribution in [3.63, 3.8) is 0 Å². The Labute approximate surface area is 199 Å². The molecule has 0 spiro atoms. The number of amides is 1. The maximum Gasteiger partial charge on any atom is 0.341 e. The van der Waals surface area contributed by atoms with Gasteiger partial charge in [0.2, 0.25) is 5.91 Å². The number of rotatable bonds is 7. The summed E-state index contributed by atoms with van der Waals surface area (Å²) >= 11 is 1.56. The molecule has 5 heteroatoms. The van der Waals surface area contributed by atoms with Gasteiger partial charge in [0.15, 0.2) is 0 Å². The summed E-state index contributed by atoms with van der Waals surface area (Å²) in [5, 5.41) is 3.79. The third-order valence-electron chi connectivity index (χ3n) is 6.77. The van der Waals surface area contributed by atoms with Crippen LogP contribution < -0.4 is 5.32 Å². The van der Waals surface area contributed by atoms with Gasteiger partial charge in [-0.25, -0.2) is 4.79 Å². The monoisotopic (exact) mass is 459 g/mol. The van der Waals surface area contributed by atoms with E-state index in [1.165, 1.54) is 16.0 Å². The molecule has 2 aliphatic rings. The first-order valence-corrected chi connectivity index (χ1v) is 12.7. The highest BCUT2D eigenvalue weighted by Crippen LogP contribution is 2.49. The summed E-state index contributed by atoms with van der Waals surface area (Å²) in [5.41, 5.74) is 4.19. The van der Waals surface area contributed by atoms with Crippen molar-refractivity contribution in [2.75, 3.05) is 11.9 Å². The van der Waals surface area contributed by atoms with Crippen LogP contribution in [0.2, 0.25) is 0 Å². The van der Waals surface area contributed by atoms with Crippen LogP contribution in [0.1, 0.15) is 69.9 Å². The van der Waals surface area contributed by atoms with Crippen LogP contribution in [-0.4, -0.2) is 18.5 Å². The summed E-state index contributed by atoms with van der Waals surface area (Å²) in [7, 11) is 0. The highest BCUT2D eigenvalue weighted by atomic mass is 32.1. The van der Waals surface area contributed by atoms with Gasteiger partial charge >= 0.3 is 5.97 Å². The lowest BCUT2D eigenvalue weighted by atomic mass is 9.83. The van der Waals surface area contributed by atoms with Gasteiger partial charge in [-0.2, -0.15) is 0 Å². The number of esters is 1. The molecule has 1 heterocycles. The Bertz CT molecular complexity index is 1140. The number of hydrogen-bond donors (Lipinski definition) is 1. The first-order chi connectivity index (χ1) is 16.2. The molecule has 0 saturated heterocycles. The zero-order chi connectivity index (χ0) is 22.8. The number of ether oxygens (including phenoxy) is 1. The largest absolute Gasteiger partial charge is 0.462 e. The molecule has 1 N–H and O–H groups in total. The SMILES string of the molecule is CCCOC(=O)c1c(NC(=O)C2CC2c2ccccc2)sc2c1CCC(c1ccccc1)C2. The molecule has 1 saturated carbocycles. The highest BCUT2D eigenvalue weighted by Gasteiger charge is 2.44. The predicted octanol–water partition coefficient (Wildman–Crippen LogP) is 6.33. The Hall–Kier alpha value is -2.92. The van der Waals surface area contributed by atoms with Crippen LogP contribution >= 0.6 is 11.3 Å². The van der Waals surface area contributed by atoms with Crippen LogP contribution in [0.5, 0.6) is 0 Å². The number of hydrogen-bond acceptors (Lipinski definition) is 4. The lowest BCUT2D eigenvalue weighted by Crippen LogP contribution is -2.18. The summed E-state index contributed by atoms with van der Waals surface area (Å²) in [6.07, 6.45) is 4.34. The molecule has 2 aliphatic carbocycles. The van der Waals surface area contributed by atoms with Gasteiger partial charge < -0.3 is 10.1 Å². The van der Waals surface area contributed by atoms with Crippen LogP contribution in [0.3, 0.4) is 0 Å². The molecular formula is C28H29NO3S. The van der Waals surface area contributed by atoms with E-state index in [0.717, 1.165) is 37.7 Å². The maximum absolute atomic E-state index is 13.1. The number of fused-ring (bicyclic) bond motifs is 1. The van der Waals surface area contributed by atoms with E-state index < -0.39 is 0 Å². The zero-order valence-electron chi connectivity index (χ0n) is 18.9. The lowest BCUT2D eigenvalue weighted by Gasteiger charge is -2.23. The zero-order valence-corrected chi connectivity index (χ0v) is 19.7. The molecule has 3 unspecified atom stereocenters. The van der Waals surface area contributed by atoms with Crippen molar-refractivity contribution in [2.45, 2.75) is 50.9 Å². The third-order valence-corrected chi connectivity index (χ3v) is 7.94. The molecule has 0 aliphatic heterocycles. The van der Waals surface area contributed by atoms with E-state index in [4.69, 9.17) is 4.74 Å². The number of benzene rings is 2. The Morgan fingerprint density at radius 2 is 1.73 bits per heavy atom. The average molecular weight is 460 g/mol. The molecule has 0 radical (unpaired) electrons. The van der Waals surface area contributed by atoms with Crippen LogP contribution in [0.15, 0.2) is 60.7 Å². The van der Waals surface area contributed by atoms with E-state index in [1.807, 2.05) is 31.2 Å². The molecule has 2 aromatic carbocycles. The van der Waals surface area contributed by atoms with E-state index >= 15 is 0 Å². The number of carbonyl (C=O) groups excluding carboxylic acids is 2. The van der Waals surface area contributed by atoms with Crippen molar-refractivity contribution >= 4 is 28.2 Å². The molecule has 4 nitrogen and oxygen atoms in total. The lowest BCUT2D eigenvalue weighted by molar-refractivity contribution is -0.117. The normalized spacial score (nSPS) is 21.2. The van der Waals surface area contributed by atoms with Gasteiger partial charge in [-0.15, -0.1) is 11.3 Å². The van der Waals surface area contributed by atoms with Gasteiger partial charge in [-0.3, -0.25) is 4.79 Å². The molecular weight excluding hydrogens is 430 g/mol. The van der Waals surface area contributed by atoms with Crippen molar-refractivity contribution in [3.05, 3.63) is 87.8 Å². The number of nitrogens with one attached hydrogen (secondary N) is 1. The van der Waals surface area contributed by atoms with Crippen LogP contribution in [-0.2, 0) is 22.4 Å². The standard InChI is InChI=1S/C28H29NO3S/c1-2-15-32-28(31)25-21-14-13-20(18-9-5-3-6-10-18)16-24(21)33-27(25)29-26(30)23-17-22(23)19-11-7-4-8-12-19/h3-12,20,22-23H,2,13-17H2,1H3,(H,29,30). The molecule has 5 rings (SSSR count). The molecule has 1 aromatic heterocycles. The Morgan fingerprint density at radius 3 is 2.42 bits per heavy atom. The van der Waals surface area contributed by atoms with Crippen molar-refractivity contribution in [3.8, 4) is 0 Å². The minimum absolute atomic E-state index is 0.00611. The van der Waals surface area contributed by atoms with Crippen LogP contribution in [0.25, 0.3) is 0 Å². The van der Waals surface area contributed by atoms with Crippen molar-refractivity contribution in [2.24, 2.45) is 5.92 Å². The molecule has 1 amide bonds. The van der Waals surface area contributed by atoms with Crippen LogP contribution in [0, 0.1) is 5.92 Å². The fourth-order valence-electron chi connectivity index (χ4n) is 4.92. The van der Waals surface area contributed by atoms with E-state index in [2.05, 4.69) is 41.7 Å². The summed E-state index contributed by atoms with van der Waals surface area (Å²) in [4.78, 5) is 27.3. The Balaban J connectivity index is 1.38. The fraction of sp³-hybridized carbons (Fsp3) is 0.357. The van der Waals surface area contributed by atoms with Gasteiger partial charge in [-0.05, 0) is 60.6 Å². The first-order valence-electron chi connectivity index (χ1n) is 11.9. The molecule has 170 valence electrons. The second-order valence-corrected chi connectivity index (χ2v) is 10.1. The third kappa shape index (κ3) is 4.60. The van der Waals surface area contributed by atoms with Gasteiger partial charge in [-0.1, -0.05) is 67.6 Å². The number of carbonyl (C=O) groups is 2. The summed E-state index contributed by atoms with van der Waals surface area (Å²) in [6, 6.07) is 20.7. The topological polar surface area (TPSA) is 55.4 Å². The minimum Gasteiger partial charge on any atom is -0.462 e. The van der Waals surface area contributed by atoms with Gasteiger partial charge in [0.05, 0.1) is 12.2 Å². The van der Waals surface area contributed by atoms with E-state index in [1.54, 1.807) is 11.3 Å². The van der Waals surface area contributed by atoms with Crippen molar-refractivity contribution in [1.82, 2.24) is 0 Å². The summed E-state index contributed by atoms with van der Waals surface area (Å²) in [6.45, 7) is 2.38. The van der Waals surface area contributed by atoms with E-state index in [9.17, 15) is 9.59 Å². The van der Waals surface area contributed by atoms with Crippen LogP contribution in [0.4, 0.5) is 5.00 Å². The van der Waals surface area contributed by atoms with Crippen molar-refractivity contribution in [1.29, 1.82) is 0 Å². The Kier molecular flexibility index (Phi) is 6.32. The molecule has 3 atom stereocenters. The number of thiophene rings is 1. The summed E-state index contributed by atoms with van der Waals surface area (Å²) < 4.78 is 5.52. The van der Waals surface area contributed by atoms with E-state index in [-0.39, 0.29) is 23.7 Å². The van der Waals surface area contributed by atoms with Crippen molar-refractivity contribution < 1.29 is 14.3 Å². The predicted molar refractivity (Wildman–Crippen MR) is 132 cm³/mol. The fourth-order valence-corrected chi connectivity index (χ4v) is 6.24. The van der Waals surface area contributed by atoms with Gasteiger partial charge in [0.1, 0.15) is 5.00 Å². The smallest absolute Gasteiger partial charge is 0.341 e. The summed E-state index contributed by atoms with van der Waals surface area (Å²) in [5.74, 6) is 0.359. The Morgan fingerprint density at radius 1 is 1.03 bits per heavy atom. The molecule has 0 bridgehead atoms.